The number of ether oxygens (including phenoxy) is 3. The fourth-order valence-corrected chi connectivity index (χ4v) is 4.78. The Bertz CT molecular complexity index is 947. The normalized spacial score (nSPS) is 14.8. The maximum absolute atomic E-state index is 12.4. The van der Waals surface area contributed by atoms with Crippen LogP contribution in [0.3, 0.4) is 0 Å². The van der Waals surface area contributed by atoms with Crippen molar-refractivity contribution in [3.8, 4) is 11.5 Å². The second-order valence-corrected chi connectivity index (χ2v) is 12.7. The van der Waals surface area contributed by atoms with Gasteiger partial charge in [0.1, 0.15) is 0 Å². The summed E-state index contributed by atoms with van der Waals surface area (Å²) in [6.07, 6.45) is 1.45. The minimum atomic E-state index is -3.39. The quantitative estimate of drug-likeness (QED) is 0.207. The molecule has 10 nitrogen and oxygen atoms in total. The van der Waals surface area contributed by atoms with Crippen molar-refractivity contribution in [3.05, 3.63) is 23.8 Å². The summed E-state index contributed by atoms with van der Waals surface area (Å²) >= 11 is 0. The zero-order valence-corrected chi connectivity index (χ0v) is 26.1. The van der Waals surface area contributed by atoms with Crippen LogP contribution in [0.4, 0.5) is 0 Å². The molecule has 1 rings (SSSR count). The lowest BCUT2D eigenvalue weighted by atomic mass is 9.82. The number of rotatable bonds is 19. The van der Waals surface area contributed by atoms with Crippen molar-refractivity contribution < 1.29 is 32.5 Å². The van der Waals surface area contributed by atoms with E-state index >= 15 is 0 Å². The summed E-state index contributed by atoms with van der Waals surface area (Å²) in [5.74, 6) is 0.895. The maximum atomic E-state index is 12.4. The van der Waals surface area contributed by atoms with Crippen molar-refractivity contribution >= 4 is 28.3 Å². The van der Waals surface area contributed by atoms with Crippen LogP contribution in [-0.4, -0.2) is 89.7 Å². The molecule has 0 saturated carbocycles. The lowest BCUT2D eigenvalue weighted by Crippen LogP contribution is -2.41. The zero-order chi connectivity index (χ0) is 28.9. The molecule has 0 aliphatic rings. The van der Waals surface area contributed by atoms with Gasteiger partial charge >= 0.3 is 0 Å². The molecule has 0 aromatic heterocycles. The highest BCUT2D eigenvalue weighted by Crippen LogP contribution is 2.31. The van der Waals surface area contributed by atoms with Crippen LogP contribution >= 0.6 is 12.4 Å². The van der Waals surface area contributed by atoms with E-state index in [0.717, 1.165) is 22.7 Å². The molecule has 1 aromatic carbocycles. The predicted octanol–water partition coefficient (Wildman–Crippen LogP) is 2.46. The van der Waals surface area contributed by atoms with Gasteiger partial charge in [-0.25, -0.2) is 12.7 Å². The second kappa shape index (κ2) is 18.7. The van der Waals surface area contributed by atoms with Crippen molar-refractivity contribution in [2.75, 3.05) is 53.8 Å². The number of methoxy groups -OCH3 is 2. The molecule has 0 unspecified atom stereocenters. The Kier molecular flexibility index (Phi) is 17.9. The van der Waals surface area contributed by atoms with E-state index in [-0.39, 0.29) is 43.0 Å². The number of carbonyl (C=O) groups is 1. The number of nitrogens with one attached hydrogen (secondary N) is 1. The molecule has 0 bridgehead atoms. The van der Waals surface area contributed by atoms with Crippen LogP contribution in [0.5, 0.6) is 11.5 Å². The summed E-state index contributed by atoms with van der Waals surface area (Å²) in [6.45, 7) is 7.13. The molecule has 0 saturated heterocycles. The van der Waals surface area contributed by atoms with E-state index in [2.05, 4.69) is 19.2 Å². The number of aliphatic hydroxyl groups is 1. The molecule has 0 heterocycles. The standard InChI is InChI=1S/C27H49N3O7S.ClH/c1-19(2)22(16-21-9-10-25(36-7)26(17-21)37-13-8-12-35-6)18-23(28)24(31)15-20(3)27(32)29-11-14-38(33,34)30(4)5;/h9-10,17,19-20,22-24,31H,8,11-16,18,28H2,1-7H3,(H,29,32);1H/t20-,22+,23+,24+;/m1./s1. The molecular weight excluding hydrogens is 546 g/mol. The number of sulfonamides is 1. The summed E-state index contributed by atoms with van der Waals surface area (Å²) < 4.78 is 41.3. The smallest absolute Gasteiger partial charge is 0.222 e. The molecule has 0 radical (unpaired) electrons. The Morgan fingerprint density at radius 1 is 1.10 bits per heavy atom. The van der Waals surface area contributed by atoms with Crippen LogP contribution in [-0.2, 0) is 26.0 Å². The van der Waals surface area contributed by atoms with Gasteiger partial charge in [0.2, 0.25) is 15.9 Å². The topological polar surface area (TPSA) is 140 Å². The first-order chi connectivity index (χ1) is 17.8. The van der Waals surface area contributed by atoms with Crippen LogP contribution in [0.1, 0.15) is 45.6 Å². The van der Waals surface area contributed by atoms with Crippen LogP contribution in [0, 0.1) is 17.8 Å². The predicted molar refractivity (Wildman–Crippen MR) is 157 cm³/mol. The first kappa shape index (κ1) is 37.4. The minimum absolute atomic E-state index is 0. The van der Waals surface area contributed by atoms with Crippen molar-refractivity contribution in [3.63, 3.8) is 0 Å². The molecule has 0 spiro atoms. The van der Waals surface area contributed by atoms with Crippen molar-refractivity contribution in [2.45, 2.75) is 58.6 Å². The summed E-state index contributed by atoms with van der Waals surface area (Å²) in [7, 11) is 2.79. The van der Waals surface area contributed by atoms with Crippen LogP contribution < -0.4 is 20.5 Å². The zero-order valence-electron chi connectivity index (χ0n) is 24.5. The van der Waals surface area contributed by atoms with Gasteiger partial charge in [-0.3, -0.25) is 4.79 Å². The highest BCUT2D eigenvalue weighted by atomic mass is 35.5. The molecule has 39 heavy (non-hydrogen) atoms. The number of benzene rings is 1. The van der Waals surface area contributed by atoms with Crippen LogP contribution in [0.25, 0.3) is 0 Å². The molecule has 4 N–H and O–H groups in total. The third-order valence-corrected chi connectivity index (χ3v) is 8.58. The summed E-state index contributed by atoms with van der Waals surface area (Å²) in [5, 5.41) is 13.4. The number of hydrogen-bond acceptors (Lipinski definition) is 8. The fourth-order valence-electron chi connectivity index (χ4n) is 4.05. The number of carbonyl (C=O) groups excluding carboxylic acids is 1. The molecule has 0 fully saturated rings. The van der Waals surface area contributed by atoms with Gasteiger partial charge in [0, 0.05) is 52.7 Å². The van der Waals surface area contributed by atoms with Gasteiger partial charge in [-0.1, -0.05) is 26.8 Å². The molecule has 0 aliphatic carbocycles. The molecule has 12 heteroatoms. The lowest BCUT2D eigenvalue weighted by Gasteiger charge is -2.28. The number of amides is 1. The van der Waals surface area contributed by atoms with Gasteiger partial charge in [0.25, 0.3) is 0 Å². The Balaban J connectivity index is 0.0000144. The Hall–Kier alpha value is -1.63. The first-order valence-corrected chi connectivity index (χ1v) is 14.8. The molecule has 228 valence electrons. The molecular formula is C27H50ClN3O7S. The molecule has 0 aliphatic heterocycles. The third-order valence-electron chi connectivity index (χ3n) is 6.75. The van der Waals surface area contributed by atoms with Gasteiger partial charge < -0.3 is 30.4 Å². The van der Waals surface area contributed by atoms with E-state index in [9.17, 15) is 18.3 Å². The summed E-state index contributed by atoms with van der Waals surface area (Å²) in [4.78, 5) is 12.4. The minimum Gasteiger partial charge on any atom is -0.493 e. The Labute approximate surface area is 241 Å². The average Bonchev–Trinajstić information content (AvgIpc) is 2.85. The average molecular weight is 596 g/mol. The van der Waals surface area contributed by atoms with Gasteiger partial charge in [-0.05, 0) is 48.8 Å². The van der Waals surface area contributed by atoms with E-state index in [4.69, 9.17) is 19.9 Å². The van der Waals surface area contributed by atoms with E-state index in [0.29, 0.717) is 37.1 Å². The fraction of sp³-hybridized carbons (Fsp3) is 0.741. The number of halogens is 1. The van der Waals surface area contributed by atoms with E-state index in [1.807, 2.05) is 18.2 Å². The van der Waals surface area contributed by atoms with Gasteiger partial charge in [0.05, 0.1) is 25.6 Å². The van der Waals surface area contributed by atoms with Gasteiger partial charge in [-0.15, -0.1) is 12.4 Å². The van der Waals surface area contributed by atoms with E-state index in [1.165, 1.54) is 14.1 Å². The maximum Gasteiger partial charge on any atom is 0.222 e. The Morgan fingerprint density at radius 2 is 1.77 bits per heavy atom. The Morgan fingerprint density at radius 3 is 2.33 bits per heavy atom. The largest absolute Gasteiger partial charge is 0.493 e. The highest BCUT2D eigenvalue weighted by Gasteiger charge is 2.26. The highest BCUT2D eigenvalue weighted by molar-refractivity contribution is 7.89. The number of aliphatic hydroxyl groups excluding tert-OH is 1. The third kappa shape index (κ3) is 13.5. The van der Waals surface area contributed by atoms with Crippen molar-refractivity contribution in [1.82, 2.24) is 9.62 Å². The number of nitrogens with zero attached hydrogens (tertiary/aromatic N) is 1. The SMILES string of the molecule is COCCCOc1cc(C[C@@H](C[C@H](N)[C@@H](O)C[C@@H](C)C(=O)NCCS(=O)(=O)N(C)C)C(C)C)ccc1OC.Cl. The van der Waals surface area contributed by atoms with E-state index in [1.54, 1.807) is 21.1 Å². The van der Waals surface area contributed by atoms with Crippen LogP contribution in [0.2, 0.25) is 0 Å². The van der Waals surface area contributed by atoms with Gasteiger partial charge in [-0.2, -0.15) is 0 Å². The number of nitrogens with two attached hydrogens (primary N) is 1. The van der Waals surface area contributed by atoms with E-state index < -0.39 is 28.1 Å². The van der Waals surface area contributed by atoms with Crippen LogP contribution in [0.15, 0.2) is 18.2 Å². The summed E-state index contributed by atoms with van der Waals surface area (Å²) in [6, 6.07) is 5.40. The molecule has 1 aromatic rings. The lowest BCUT2D eigenvalue weighted by molar-refractivity contribution is -0.125. The van der Waals surface area contributed by atoms with Crippen molar-refractivity contribution in [1.29, 1.82) is 0 Å². The first-order valence-electron chi connectivity index (χ1n) is 13.2. The molecule has 4 atom stereocenters. The summed E-state index contributed by atoms with van der Waals surface area (Å²) in [5.41, 5.74) is 7.49. The molecule has 1 amide bonds. The monoisotopic (exact) mass is 595 g/mol. The van der Waals surface area contributed by atoms with Gasteiger partial charge in [0.15, 0.2) is 11.5 Å². The van der Waals surface area contributed by atoms with Crippen molar-refractivity contribution in [2.24, 2.45) is 23.5 Å². The second-order valence-electron chi connectivity index (χ2n) is 10.4. The number of hydrogen-bond donors (Lipinski definition) is 3.